The topological polar surface area (TPSA) is 32.3 Å². The minimum absolute atomic E-state index is 0.230. The first-order valence-corrected chi connectivity index (χ1v) is 7.58. The van der Waals surface area contributed by atoms with Crippen LogP contribution in [0.15, 0.2) is 0 Å². The molecule has 1 amide bonds. The molecule has 1 N–H and O–H groups in total. The van der Waals surface area contributed by atoms with E-state index in [0.29, 0.717) is 12.1 Å². The van der Waals surface area contributed by atoms with Crippen LogP contribution >= 0.6 is 0 Å². The summed E-state index contributed by atoms with van der Waals surface area (Å²) >= 11 is 0. The Labute approximate surface area is 111 Å². The maximum atomic E-state index is 11.3. The van der Waals surface area contributed by atoms with Crippen LogP contribution in [0.1, 0.15) is 52.9 Å². The zero-order valence-corrected chi connectivity index (χ0v) is 12.1. The molecule has 3 heteroatoms. The predicted octanol–water partition coefficient (Wildman–Crippen LogP) is 2.41. The fourth-order valence-corrected chi connectivity index (χ4v) is 3.58. The molecule has 3 atom stereocenters. The third kappa shape index (κ3) is 3.47. The van der Waals surface area contributed by atoms with Gasteiger partial charge in [-0.2, -0.15) is 0 Å². The van der Waals surface area contributed by atoms with Gasteiger partial charge in [-0.3, -0.25) is 4.79 Å². The Morgan fingerprint density at radius 3 is 2.33 bits per heavy atom. The number of likely N-dealkylation sites (tertiary alicyclic amines) is 1. The molecule has 0 aromatic rings. The summed E-state index contributed by atoms with van der Waals surface area (Å²) in [4.78, 5) is 13.3. The number of piperidine rings is 1. The highest BCUT2D eigenvalue weighted by molar-refractivity contribution is 5.73. The van der Waals surface area contributed by atoms with E-state index in [1.54, 1.807) is 6.92 Å². The zero-order chi connectivity index (χ0) is 13.1. The van der Waals surface area contributed by atoms with Crippen LogP contribution in [-0.4, -0.2) is 36.0 Å². The van der Waals surface area contributed by atoms with Crippen molar-refractivity contribution in [2.75, 3.05) is 13.1 Å². The quantitative estimate of drug-likeness (QED) is 0.818. The maximum absolute atomic E-state index is 11.3. The van der Waals surface area contributed by atoms with Crippen molar-refractivity contribution < 1.29 is 4.79 Å². The molecule has 0 bridgehead atoms. The summed E-state index contributed by atoms with van der Waals surface area (Å²) in [7, 11) is 0. The smallest absolute Gasteiger partial charge is 0.219 e. The molecule has 1 heterocycles. The Kier molecular flexibility index (Phi) is 4.66. The number of hydrogen-bond acceptors (Lipinski definition) is 2. The first kappa shape index (κ1) is 13.9. The van der Waals surface area contributed by atoms with E-state index in [2.05, 4.69) is 19.2 Å². The van der Waals surface area contributed by atoms with Crippen molar-refractivity contribution >= 4 is 5.91 Å². The van der Waals surface area contributed by atoms with Crippen LogP contribution in [0.2, 0.25) is 0 Å². The van der Waals surface area contributed by atoms with Gasteiger partial charge in [-0.15, -0.1) is 0 Å². The first-order chi connectivity index (χ1) is 8.56. The van der Waals surface area contributed by atoms with Crippen molar-refractivity contribution in [1.82, 2.24) is 10.2 Å². The molecule has 3 unspecified atom stereocenters. The highest BCUT2D eigenvalue weighted by Crippen LogP contribution is 2.29. The number of rotatable bonds is 2. The summed E-state index contributed by atoms with van der Waals surface area (Å²) in [5, 5.41) is 3.85. The van der Waals surface area contributed by atoms with E-state index in [9.17, 15) is 4.79 Å². The summed E-state index contributed by atoms with van der Waals surface area (Å²) in [5.74, 6) is 1.94. The Morgan fingerprint density at radius 2 is 1.78 bits per heavy atom. The Hall–Kier alpha value is -0.570. The van der Waals surface area contributed by atoms with Crippen molar-refractivity contribution in [2.45, 2.75) is 65.0 Å². The van der Waals surface area contributed by atoms with Gasteiger partial charge in [0, 0.05) is 32.1 Å². The lowest BCUT2D eigenvalue weighted by Crippen LogP contribution is -2.50. The number of hydrogen-bond donors (Lipinski definition) is 1. The van der Waals surface area contributed by atoms with Gasteiger partial charge in [0.25, 0.3) is 0 Å². The molecular formula is C15H28N2O. The largest absolute Gasteiger partial charge is 0.343 e. The van der Waals surface area contributed by atoms with Crippen LogP contribution < -0.4 is 5.32 Å². The van der Waals surface area contributed by atoms with Gasteiger partial charge in [0.2, 0.25) is 5.91 Å². The molecule has 1 saturated heterocycles. The third-order valence-electron chi connectivity index (χ3n) is 4.82. The number of amides is 1. The molecule has 0 spiro atoms. The highest BCUT2D eigenvalue weighted by Gasteiger charge is 2.28. The molecule has 1 aliphatic carbocycles. The summed E-state index contributed by atoms with van der Waals surface area (Å²) in [6, 6.07) is 1.33. The lowest BCUT2D eigenvalue weighted by Gasteiger charge is -2.39. The second kappa shape index (κ2) is 6.05. The number of nitrogens with zero attached hydrogens (tertiary/aromatic N) is 1. The van der Waals surface area contributed by atoms with Crippen LogP contribution in [0.5, 0.6) is 0 Å². The summed E-state index contributed by atoms with van der Waals surface area (Å²) in [5.41, 5.74) is 0. The molecule has 2 rings (SSSR count). The van der Waals surface area contributed by atoms with Gasteiger partial charge in [0.1, 0.15) is 0 Å². The molecule has 2 fully saturated rings. The van der Waals surface area contributed by atoms with E-state index in [1.807, 2.05) is 4.90 Å². The number of nitrogens with one attached hydrogen (secondary N) is 1. The second-order valence-corrected chi connectivity index (χ2v) is 6.45. The average Bonchev–Trinajstić information content (AvgIpc) is 2.33. The molecule has 1 saturated carbocycles. The average molecular weight is 252 g/mol. The van der Waals surface area contributed by atoms with Crippen LogP contribution in [0, 0.1) is 11.8 Å². The van der Waals surface area contributed by atoms with Crippen molar-refractivity contribution in [3.8, 4) is 0 Å². The van der Waals surface area contributed by atoms with E-state index in [4.69, 9.17) is 0 Å². The van der Waals surface area contributed by atoms with Gasteiger partial charge < -0.3 is 10.2 Å². The van der Waals surface area contributed by atoms with Crippen LogP contribution in [-0.2, 0) is 4.79 Å². The van der Waals surface area contributed by atoms with Crippen molar-refractivity contribution in [3.63, 3.8) is 0 Å². The highest BCUT2D eigenvalue weighted by atomic mass is 16.2. The minimum atomic E-state index is 0.230. The summed E-state index contributed by atoms with van der Waals surface area (Å²) in [6.45, 7) is 8.31. The Morgan fingerprint density at radius 1 is 1.11 bits per heavy atom. The zero-order valence-electron chi connectivity index (χ0n) is 12.1. The molecule has 0 aromatic carbocycles. The van der Waals surface area contributed by atoms with E-state index >= 15 is 0 Å². The monoisotopic (exact) mass is 252 g/mol. The molecule has 104 valence electrons. The van der Waals surface area contributed by atoms with Gasteiger partial charge in [-0.05, 0) is 43.9 Å². The van der Waals surface area contributed by atoms with Gasteiger partial charge in [0.05, 0.1) is 0 Å². The third-order valence-corrected chi connectivity index (χ3v) is 4.82. The van der Waals surface area contributed by atoms with Crippen molar-refractivity contribution in [2.24, 2.45) is 11.8 Å². The van der Waals surface area contributed by atoms with Gasteiger partial charge >= 0.3 is 0 Å². The molecule has 0 aromatic heterocycles. The molecule has 18 heavy (non-hydrogen) atoms. The standard InChI is InChI=1S/C15H28N2O/c1-11-4-5-15(12(2)10-11)16-14-6-8-17(9-7-14)13(3)18/h11-12,14-16H,4-10H2,1-3H3. The van der Waals surface area contributed by atoms with E-state index < -0.39 is 0 Å². The molecular weight excluding hydrogens is 224 g/mol. The van der Waals surface area contributed by atoms with Crippen LogP contribution in [0.3, 0.4) is 0 Å². The van der Waals surface area contributed by atoms with E-state index in [1.165, 1.54) is 19.3 Å². The van der Waals surface area contributed by atoms with E-state index in [-0.39, 0.29) is 5.91 Å². The number of carbonyl (C=O) groups excluding carboxylic acids is 1. The van der Waals surface area contributed by atoms with Crippen molar-refractivity contribution in [1.29, 1.82) is 0 Å². The van der Waals surface area contributed by atoms with Crippen LogP contribution in [0.25, 0.3) is 0 Å². The van der Waals surface area contributed by atoms with Gasteiger partial charge in [0.15, 0.2) is 0 Å². The van der Waals surface area contributed by atoms with E-state index in [0.717, 1.165) is 37.8 Å². The lowest BCUT2D eigenvalue weighted by atomic mass is 9.79. The van der Waals surface area contributed by atoms with Gasteiger partial charge in [-0.1, -0.05) is 13.8 Å². The fraction of sp³-hybridized carbons (Fsp3) is 0.933. The summed E-state index contributed by atoms with van der Waals surface area (Å²) < 4.78 is 0. The first-order valence-electron chi connectivity index (χ1n) is 7.58. The maximum Gasteiger partial charge on any atom is 0.219 e. The molecule has 2 aliphatic rings. The Balaban J connectivity index is 1.76. The molecule has 0 radical (unpaired) electrons. The minimum Gasteiger partial charge on any atom is -0.343 e. The predicted molar refractivity (Wildman–Crippen MR) is 74.4 cm³/mol. The number of carbonyl (C=O) groups is 1. The second-order valence-electron chi connectivity index (χ2n) is 6.45. The fourth-order valence-electron chi connectivity index (χ4n) is 3.58. The van der Waals surface area contributed by atoms with Gasteiger partial charge in [-0.25, -0.2) is 0 Å². The molecule has 1 aliphatic heterocycles. The SMILES string of the molecule is CC(=O)N1CCC(NC2CCC(C)CC2C)CC1. The van der Waals surface area contributed by atoms with Crippen molar-refractivity contribution in [3.05, 3.63) is 0 Å². The van der Waals surface area contributed by atoms with Crippen LogP contribution in [0.4, 0.5) is 0 Å². The summed E-state index contributed by atoms with van der Waals surface area (Å²) in [6.07, 6.45) is 6.31. The lowest BCUT2D eigenvalue weighted by molar-refractivity contribution is -0.129. The Bertz CT molecular complexity index is 284. The normalized spacial score (nSPS) is 34.6. The molecule has 3 nitrogen and oxygen atoms in total.